The van der Waals surface area contributed by atoms with Gasteiger partial charge in [-0.25, -0.2) is 4.79 Å². The minimum atomic E-state index is -1.48. The number of aromatic nitrogens is 1. The summed E-state index contributed by atoms with van der Waals surface area (Å²) in [5.74, 6) is -4.07. The summed E-state index contributed by atoms with van der Waals surface area (Å²) in [5, 5.41) is 24.7. The molecule has 7 N–H and O–H groups in total. The van der Waals surface area contributed by atoms with E-state index in [-0.39, 0.29) is 19.4 Å². The number of amides is 3. The zero-order valence-corrected chi connectivity index (χ0v) is 21.8. The van der Waals surface area contributed by atoms with E-state index in [9.17, 15) is 34.2 Å². The minimum Gasteiger partial charge on any atom is -0.481 e. The van der Waals surface area contributed by atoms with Crippen molar-refractivity contribution >= 4 is 52.3 Å². The van der Waals surface area contributed by atoms with Crippen LogP contribution in [0.1, 0.15) is 31.2 Å². The van der Waals surface area contributed by atoms with Gasteiger partial charge in [0.1, 0.15) is 18.1 Å². The SMILES string of the molecule is CSCCC(NC(=O)C(CC(=O)O)NC(=O)C(N)Cc1c[nH]c2ccccc12)C(=O)N1CCCC1C(=O)O. The van der Waals surface area contributed by atoms with E-state index in [1.165, 1.54) is 16.7 Å². The number of rotatable bonds is 13. The number of carbonyl (C=O) groups excluding carboxylic acids is 3. The van der Waals surface area contributed by atoms with Crippen LogP contribution in [0.3, 0.4) is 0 Å². The van der Waals surface area contributed by atoms with Crippen molar-refractivity contribution in [1.82, 2.24) is 20.5 Å². The molecule has 1 aliphatic heterocycles. The summed E-state index contributed by atoms with van der Waals surface area (Å²) >= 11 is 1.44. The van der Waals surface area contributed by atoms with Gasteiger partial charge in [-0.15, -0.1) is 0 Å². The first-order valence-electron chi connectivity index (χ1n) is 12.3. The third kappa shape index (κ3) is 7.25. The van der Waals surface area contributed by atoms with Gasteiger partial charge in [0.2, 0.25) is 17.7 Å². The molecule has 12 nitrogen and oxygen atoms in total. The van der Waals surface area contributed by atoms with Crippen molar-refractivity contribution in [2.75, 3.05) is 18.6 Å². The van der Waals surface area contributed by atoms with Gasteiger partial charge in [0.25, 0.3) is 0 Å². The van der Waals surface area contributed by atoms with Crippen molar-refractivity contribution in [2.24, 2.45) is 5.73 Å². The molecule has 4 atom stereocenters. The largest absolute Gasteiger partial charge is 0.481 e. The van der Waals surface area contributed by atoms with Gasteiger partial charge in [-0.1, -0.05) is 18.2 Å². The van der Waals surface area contributed by atoms with Gasteiger partial charge in [0, 0.05) is 23.6 Å². The zero-order chi connectivity index (χ0) is 27.8. The van der Waals surface area contributed by atoms with Crippen LogP contribution >= 0.6 is 11.8 Å². The quantitative estimate of drug-likeness (QED) is 0.205. The van der Waals surface area contributed by atoms with Crippen molar-refractivity contribution in [3.8, 4) is 0 Å². The second-order valence-corrected chi connectivity index (χ2v) is 10.2. The predicted octanol–water partition coefficient (Wildman–Crippen LogP) is 0.311. The molecule has 2 aromatic rings. The molecule has 1 aromatic heterocycles. The number of para-hydroxylation sites is 1. The summed E-state index contributed by atoms with van der Waals surface area (Å²) in [6.45, 7) is 0.249. The van der Waals surface area contributed by atoms with E-state index in [2.05, 4.69) is 15.6 Å². The van der Waals surface area contributed by atoms with Crippen LogP contribution < -0.4 is 16.4 Å². The van der Waals surface area contributed by atoms with E-state index >= 15 is 0 Å². The summed E-state index contributed by atoms with van der Waals surface area (Å²) in [6.07, 6.45) is 4.04. The Morgan fingerprint density at radius 3 is 2.53 bits per heavy atom. The molecule has 3 rings (SSSR count). The number of hydrogen-bond acceptors (Lipinski definition) is 7. The third-order valence-electron chi connectivity index (χ3n) is 6.51. The van der Waals surface area contributed by atoms with Crippen LogP contribution in [-0.2, 0) is 30.4 Å². The smallest absolute Gasteiger partial charge is 0.326 e. The van der Waals surface area contributed by atoms with E-state index in [0.717, 1.165) is 16.5 Å². The molecule has 1 fully saturated rings. The normalized spacial score (nSPS) is 17.5. The van der Waals surface area contributed by atoms with Crippen molar-refractivity contribution < 1.29 is 34.2 Å². The van der Waals surface area contributed by atoms with E-state index in [0.29, 0.717) is 18.6 Å². The molecule has 206 valence electrons. The fourth-order valence-corrected chi connectivity index (χ4v) is 5.02. The molecule has 4 unspecified atom stereocenters. The van der Waals surface area contributed by atoms with Gasteiger partial charge < -0.3 is 36.5 Å². The van der Waals surface area contributed by atoms with Crippen molar-refractivity contribution in [1.29, 1.82) is 0 Å². The zero-order valence-electron chi connectivity index (χ0n) is 21.0. The monoisotopic (exact) mass is 547 g/mol. The Morgan fingerprint density at radius 2 is 1.84 bits per heavy atom. The molecule has 2 heterocycles. The van der Waals surface area contributed by atoms with Crippen LogP contribution in [0.5, 0.6) is 0 Å². The second kappa shape index (κ2) is 13.3. The molecule has 0 radical (unpaired) electrons. The van der Waals surface area contributed by atoms with Crippen molar-refractivity contribution in [3.63, 3.8) is 0 Å². The number of nitrogens with two attached hydrogens (primary N) is 1. The van der Waals surface area contributed by atoms with Gasteiger partial charge >= 0.3 is 11.9 Å². The lowest BCUT2D eigenvalue weighted by molar-refractivity contribution is -0.149. The Hall–Kier alpha value is -3.58. The maximum absolute atomic E-state index is 13.2. The number of likely N-dealkylation sites (tertiary alicyclic amines) is 1. The molecule has 38 heavy (non-hydrogen) atoms. The number of H-pyrrole nitrogens is 1. The highest BCUT2D eigenvalue weighted by molar-refractivity contribution is 7.98. The second-order valence-electron chi connectivity index (χ2n) is 9.20. The summed E-state index contributed by atoms with van der Waals surface area (Å²) in [7, 11) is 0. The van der Waals surface area contributed by atoms with Crippen LogP contribution in [0.25, 0.3) is 10.9 Å². The molecule has 0 aliphatic carbocycles. The Morgan fingerprint density at radius 1 is 1.13 bits per heavy atom. The number of fused-ring (bicyclic) bond motifs is 1. The number of hydrogen-bond donors (Lipinski definition) is 6. The first-order chi connectivity index (χ1) is 18.1. The summed E-state index contributed by atoms with van der Waals surface area (Å²) in [5.41, 5.74) is 7.77. The number of aliphatic carboxylic acids is 2. The first-order valence-corrected chi connectivity index (χ1v) is 13.7. The molecule has 13 heteroatoms. The van der Waals surface area contributed by atoms with Crippen LogP contribution in [0.4, 0.5) is 0 Å². The number of benzene rings is 1. The van der Waals surface area contributed by atoms with Crippen molar-refractivity contribution in [2.45, 2.75) is 56.3 Å². The van der Waals surface area contributed by atoms with Gasteiger partial charge in [0.15, 0.2) is 0 Å². The number of aromatic amines is 1. The molecular formula is C25H33N5O7S. The fourth-order valence-electron chi connectivity index (χ4n) is 4.55. The minimum absolute atomic E-state index is 0.150. The summed E-state index contributed by atoms with van der Waals surface area (Å²) in [4.78, 5) is 66.5. The lowest BCUT2D eigenvalue weighted by Gasteiger charge is -2.28. The Balaban J connectivity index is 1.70. The number of nitrogens with one attached hydrogen (secondary N) is 3. The maximum Gasteiger partial charge on any atom is 0.326 e. The molecule has 1 saturated heterocycles. The van der Waals surface area contributed by atoms with E-state index in [1.807, 2.05) is 30.5 Å². The Kier molecular flexibility index (Phi) is 10.1. The average molecular weight is 548 g/mol. The van der Waals surface area contributed by atoms with Crippen LogP contribution in [0.2, 0.25) is 0 Å². The van der Waals surface area contributed by atoms with Crippen LogP contribution in [-0.4, -0.2) is 92.5 Å². The van der Waals surface area contributed by atoms with Gasteiger partial charge in [0.05, 0.1) is 12.5 Å². The molecule has 0 spiro atoms. The lowest BCUT2D eigenvalue weighted by atomic mass is 10.0. The predicted molar refractivity (Wildman–Crippen MR) is 141 cm³/mol. The van der Waals surface area contributed by atoms with E-state index in [1.54, 1.807) is 6.20 Å². The molecular weight excluding hydrogens is 514 g/mol. The third-order valence-corrected chi connectivity index (χ3v) is 7.15. The van der Waals surface area contributed by atoms with Crippen molar-refractivity contribution in [3.05, 3.63) is 36.0 Å². The fraction of sp³-hybridized carbons (Fsp3) is 0.480. The highest BCUT2D eigenvalue weighted by Crippen LogP contribution is 2.20. The number of thioether (sulfide) groups is 1. The molecule has 0 saturated carbocycles. The Labute approximate surface area is 223 Å². The van der Waals surface area contributed by atoms with Gasteiger partial charge in [-0.3, -0.25) is 19.2 Å². The number of carboxylic acids is 2. The topological polar surface area (TPSA) is 195 Å². The summed E-state index contributed by atoms with van der Waals surface area (Å²) < 4.78 is 0. The Bertz CT molecular complexity index is 1190. The molecule has 1 aromatic carbocycles. The highest BCUT2D eigenvalue weighted by Gasteiger charge is 2.38. The van der Waals surface area contributed by atoms with Crippen LogP contribution in [0, 0.1) is 0 Å². The molecule has 3 amide bonds. The van der Waals surface area contributed by atoms with E-state index in [4.69, 9.17) is 5.73 Å². The summed E-state index contributed by atoms with van der Waals surface area (Å²) in [6, 6.07) is 2.90. The highest BCUT2D eigenvalue weighted by atomic mass is 32.2. The maximum atomic E-state index is 13.2. The molecule has 1 aliphatic rings. The van der Waals surface area contributed by atoms with Gasteiger partial charge in [-0.2, -0.15) is 11.8 Å². The van der Waals surface area contributed by atoms with E-state index < -0.39 is 60.2 Å². The molecule has 0 bridgehead atoms. The number of nitrogens with zero attached hydrogens (tertiary/aromatic N) is 1. The standard InChI is InChI=1S/C25H33N5O7S/c1-38-10-8-18(24(35)30-9-4-7-20(30)25(36)37)28-23(34)19(12-21(31)32)29-22(33)16(26)11-14-13-27-17-6-3-2-5-15(14)17/h2-3,5-6,13,16,18-20,27H,4,7-12,26H2,1H3,(H,28,34)(H,29,33)(H,31,32)(H,36,37). The number of carbonyl (C=O) groups is 5. The van der Waals surface area contributed by atoms with Crippen LogP contribution in [0.15, 0.2) is 30.5 Å². The average Bonchev–Trinajstić information content (AvgIpc) is 3.53. The lowest BCUT2D eigenvalue weighted by Crippen LogP contribution is -2.57. The number of carboxylic acid groups (broad SMARTS) is 2. The first kappa shape index (κ1) is 29.0. The van der Waals surface area contributed by atoms with Gasteiger partial charge in [-0.05, 0) is 49.3 Å².